The lowest BCUT2D eigenvalue weighted by atomic mass is 9.81. The number of aryl methyl sites for hydroxylation is 2. The van der Waals surface area contributed by atoms with E-state index < -0.39 is 6.10 Å². The Bertz CT molecular complexity index is 506. The lowest BCUT2D eigenvalue weighted by Crippen LogP contribution is -2.50. The maximum Gasteiger partial charge on any atom is 0.261 e. The van der Waals surface area contributed by atoms with Crippen molar-refractivity contribution in [3.63, 3.8) is 0 Å². The van der Waals surface area contributed by atoms with E-state index >= 15 is 0 Å². The summed E-state index contributed by atoms with van der Waals surface area (Å²) >= 11 is 0. The number of rotatable bonds is 5. The molecule has 0 aliphatic heterocycles. The zero-order chi connectivity index (χ0) is 17.1. The van der Waals surface area contributed by atoms with Crippen LogP contribution in [0.3, 0.4) is 0 Å². The summed E-state index contributed by atoms with van der Waals surface area (Å²) in [6.45, 7) is 16.5. The van der Waals surface area contributed by atoms with Gasteiger partial charge in [-0.2, -0.15) is 0 Å². The van der Waals surface area contributed by atoms with Crippen LogP contribution in [0.25, 0.3) is 0 Å². The average Bonchev–Trinajstić information content (AvgIpc) is 2.22. The van der Waals surface area contributed by atoms with E-state index in [0.29, 0.717) is 0 Å². The first kappa shape index (κ1) is 18.5. The molecule has 1 unspecified atom stereocenters. The highest BCUT2D eigenvalue weighted by Crippen LogP contribution is 2.27. The Labute approximate surface area is 135 Å². The molecule has 124 valence electrons. The molecule has 0 saturated heterocycles. The normalized spacial score (nSPS) is 13.6. The Hall–Kier alpha value is -1.51. The topological polar surface area (TPSA) is 38.3 Å². The van der Waals surface area contributed by atoms with E-state index in [1.54, 1.807) is 6.92 Å². The summed E-state index contributed by atoms with van der Waals surface area (Å²) in [5.74, 6) is 0.669. The maximum atomic E-state index is 12.4. The number of ether oxygens (including phenoxy) is 1. The van der Waals surface area contributed by atoms with Crippen LogP contribution in [0.15, 0.2) is 18.2 Å². The van der Waals surface area contributed by atoms with E-state index in [1.807, 2.05) is 26.0 Å². The summed E-state index contributed by atoms with van der Waals surface area (Å²) < 4.78 is 5.80. The van der Waals surface area contributed by atoms with E-state index in [2.05, 4.69) is 46.0 Å². The third-order valence-electron chi connectivity index (χ3n) is 3.31. The number of hydrogen-bond acceptors (Lipinski definition) is 2. The van der Waals surface area contributed by atoms with Crippen molar-refractivity contribution >= 4 is 5.91 Å². The molecule has 1 rings (SSSR count). The first-order chi connectivity index (χ1) is 9.88. The molecule has 0 bridgehead atoms. The molecule has 3 heteroatoms. The van der Waals surface area contributed by atoms with Crippen LogP contribution in [0.4, 0.5) is 0 Å². The fraction of sp³-hybridized carbons (Fsp3) is 0.632. The van der Waals surface area contributed by atoms with Crippen LogP contribution in [0.2, 0.25) is 0 Å². The molecule has 1 N–H and O–H groups in total. The van der Waals surface area contributed by atoms with Crippen molar-refractivity contribution in [1.82, 2.24) is 5.32 Å². The van der Waals surface area contributed by atoms with E-state index in [1.165, 1.54) is 0 Å². The van der Waals surface area contributed by atoms with E-state index in [0.717, 1.165) is 23.3 Å². The first-order valence-corrected chi connectivity index (χ1v) is 7.95. The number of amides is 1. The maximum absolute atomic E-state index is 12.4. The quantitative estimate of drug-likeness (QED) is 0.875. The second-order valence-corrected chi connectivity index (χ2v) is 8.19. The lowest BCUT2D eigenvalue weighted by Gasteiger charge is -2.34. The van der Waals surface area contributed by atoms with E-state index in [-0.39, 0.29) is 16.9 Å². The molecule has 0 spiro atoms. The molecule has 22 heavy (non-hydrogen) atoms. The summed E-state index contributed by atoms with van der Waals surface area (Å²) in [5, 5.41) is 3.10. The molecule has 0 aromatic heterocycles. The van der Waals surface area contributed by atoms with Crippen LogP contribution in [-0.4, -0.2) is 17.6 Å². The van der Waals surface area contributed by atoms with Gasteiger partial charge in [-0.05, 0) is 69.7 Å². The molecule has 1 aromatic rings. The van der Waals surface area contributed by atoms with Gasteiger partial charge in [0.2, 0.25) is 0 Å². The molecular weight excluding hydrogens is 274 g/mol. The van der Waals surface area contributed by atoms with Crippen molar-refractivity contribution in [2.45, 2.75) is 73.5 Å². The Morgan fingerprint density at radius 1 is 1.09 bits per heavy atom. The molecule has 3 nitrogen and oxygen atoms in total. The lowest BCUT2D eigenvalue weighted by molar-refractivity contribution is -0.129. The summed E-state index contributed by atoms with van der Waals surface area (Å²) in [4.78, 5) is 12.4. The van der Waals surface area contributed by atoms with E-state index in [4.69, 9.17) is 4.74 Å². The third-order valence-corrected chi connectivity index (χ3v) is 3.31. The number of benzene rings is 1. The number of carbonyl (C=O) groups excluding carboxylic acids is 1. The second kappa shape index (κ2) is 6.72. The van der Waals surface area contributed by atoms with E-state index in [9.17, 15) is 4.79 Å². The smallest absolute Gasteiger partial charge is 0.261 e. The van der Waals surface area contributed by atoms with Crippen LogP contribution in [-0.2, 0) is 4.79 Å². The molecule has 1 atom stereocenters. The Morgan fingerprint density at radius 2 is 1.59 bits per heavy atom. The number of nitrogens with one attached hydrogen (secondary N) is 1. The van der Waals surface area contributed by atoms with Gasteiger partial charge in [-0.1, -0.05) is 26.8 Å². The van der Waals surface area contributed by atoms with Crippen LogP contribution in [0.5, 0.6) is 5.75 Å². The predicted octanol–water partition coefficient (Wildman–Crippen LogP) is 4.40. The van der Waals surface area contributed by atoms with Gasteiger partial charge < -0.3 is 10.1 Å². The molecule has 0 fully saturated rings. The molecule has 0 aliphatic carbocycles. The fourth-order valence-corrected chi connectivity index (χ4v) is 3.06. The molecular formula is C19H31NO2. The van der Waals surface area contributed by atoms with Gasteiger partial charge in [0.25, 0.3) is 5.91 Å². The zero-order valence-electron chi connectivity index (χ0n) is 15.3. The minimum absolute atomic E-state index is 0.0755. The van der Waals surface area contributed by atoms with Crippen LogP contribution < -0.4 is 10.1 Å². The number of hydrogen-bond donors (Lipinski definition) is 1. The molecule has 0 aliphatic rings. The van der Waals surface area contributed by atoms with Crippen molar-refractivity contribution in [3.05, 3.63) is 29.3 Å². The van der Waals surface area contributed by atoms with Crippen LogP contribution >= 0.6 is 0 Å². The highest BCUT2D eigenvalue weighted by Gasteiger charge is 2.29. The van der Waals surface area contributed by atoms with Crippen molar-refractivity contribution in [1.29, 1.82) is 0 Å². The Morgan fingerprint density at radius 3 is 2.05 bits per heavy atom. The summed E-state index contributed by atoms with van der Waals surface area (Å²) in [6, 6.07) is 6.00. The predicted molar refractivity (Wildman–Crippen MR) is 92.3 cm³/mol. The molecule has 0 heterocycles. The molecule has 1 aromatic carbocycles. The fourth-order valence-electron chi connectivity index (χ4n) is 3.06. The van der Waals surface area contributed by atoms with Gasteiger partial charge in [0.15, 0.2) is 6.10 Å². The van der Waals surface area contributed by atoms with Gasteiger partial charge in [0.05, 0.1) is 0 Å². The van der Waals surface area contributed by atoms with Crippen LogP contribution in [0, 0.1) is 19.3 Å². The van der Waals surface area contributed by atoms with Gasteiger partial charge in [-0.25, -0.2) is 0 Å². The van der Waals surface area contributed by atoms with Crippen LogP contribution in [0.1, 0.15) is 59.1 Å². The summed E-state index contributed by atoms with van der Waals surface area (Å²) in [7, 11) is 0. The number of carbonyl (C=O) groups is 1. The van der Waals surface area contributed by atoms with Crippen molar-refractivity contribution < 1.29 is 9.53 Å². The second-order valence-electron chi connectivity index (χ2n) is 8.19. The summed E-state index contributed by atoms with van der Waals surface area (Å²) in [6.07, 6.45) is 0.391. The Kier molecular flexibility index (Phi) is 5.66. The average molecular weight is 305 g/mol. The third kappa shape index (κ3) is 6.50. The highest BCUT2D eigenvalue weighted by molar-refractivity contribution is 5.81. The SMILES string of the molecule is Cc1cc(C)cc(OC(C)C(=O)NC(C)(C)CC(C)(C)C)c1. The zero-order valence-corrected chi connectivity index (χ0v) is 15.3. The van der Waals surface area contributed by atoms with Gasteiger partial charge in [0.1, 0.15) is 5.75 Å². The van der Waals surface area contributed by atoms with Crippen molar-refractivity contribution in [3.8, 4) is 5.75 Å². The minimum atomic E-state index is -0.513. The first-order valence-electron chi connectivity index (χ1n) is 7.95. The van der Waals surface area contributed by atoms with Crippen molar-refractivity contribution in [2.75, 3.05) is 0 Å². The summed E-state index contributed by atoms with van der Waals surface area (Å²) in [5.41, 5.74) is 2.18. The van der Waals surface area contributed by atoms with Gasteiger partial charge >= 0.3 is 0 Å². The highest BCUT2D eigenvalue weighted by atomic mass is 16.5. The largest absolute Gasteiger partial charge is 0.481 e. The molecule has 0 saturated carbocycles. The Balaban J connectivity index is 2.69. The molecule has 1 amide bonds. The van der Waals surface area contributed by atoms with Gasteiger partial charge in [0, 0.05) is 5.54 Å². The van der Waals surface area contributed by atoms with Crippen molar-refractivity contribution in [2.24, 2.45) is 5.41 Å². The van der Waals surface area contributed by atoms with Gasteiger partial charge in [-0.15, -0.1) is 0 Å². The van der Waals surface area contributed by atoms with Gasteiger partial charge in [-0.3, -0.25) is 4.79 Å². The monoisotopic (exact) mass is 305 g/mol. The minimum Gasteiger partial charge on any atom is -0.481 e. The standard InChI is InChI=1S/C19H31NO2/c1-13-9-14(2)11-16(10-13)22-15(3)17(21)20-19(7,8)12-18(4,5)6/h9-11,15H,12H2,1-8H3,(H,20,21). The molecule has 0 radical (unpaired) electrons.